The van der Waals surface area contributed by atoms with Crippen LogP contribution in [0.3, 0.4) is 0 Å². The molecule has 3 nitrogen and oxygen atoms in total. The molecule has 4 heteroatoms. The van der Waals surface area contributed by atoms with Gasteiger partial charge >= 0.3 is 0 Å². The Morgan fingerprint density at radius 2 is 2.27 bits per heavy atom. The van der Waals surface area contributed by atoms with Gasteiger partial charge in [-0.15, -0.1) is 11.3 Å². The van der Waals surface area contributed by atoms with E-state index in [1.807, 2.05) is 11.3 Å². The van der Waals surface area contributed by atoms with Crippen molar-refractivity contribution in [3.05, 3.63) is 15.6 Å². The summed E-state index contributed by atoms with van der Waals surface area (Å²) >= 11 is 1.84. The average molecular weight is 223 g/mol. The highest BCUT2D eigenvalue weighted by atomic mass is 32.1. The molecule has 0 saturated heterocycles. The van der Waals surface area contributed by atoms with Crippen molar-refractivity contribution in [3.63, 3.8) is 0 Å². The van der Waals surface area contributed by atoms with Gasteiger partial charge in [0.05, 0.1) is 11.2 Å². The van der Waals surface area contributed by atoms with E-state index in [9.17, 15) is 0 Å². The van der Waals surface area contributed by atoms with Gasteiger partial charge in [0.1, 0.15) is 5.01 Å². The van der Waals surface area contributed by atoms with Crippen molar-refractivity contribution in [1.29, 1.82) is 0 Å². The minimum atomic E-state index is -0.0689. The van der Waals surface area contributed by atoms with Crippen LogP contribution >= 0.6 is 11.3 Å². The molecule has 1 aromatic rings. The number of hydrogen-bond acceptors (Lipinski definition) is 4. The zero-order valence-electron chi connectivity index (χ0n) is 9.12. The largest absolute Gasteiger partial charge is 0.319 e. The van der Waals surface area contributed by atoms with Crippen LogP contribution in [-0.4, -0.2) is 23.5 Å². The predicted molar refractivity (Wildman–Crippen MR) is 61.9 cm³/mol. The van der Waals surface area contributed by atoms with Crippen molar-refractivity contribution >= 4 is 11.3 Å². The Bertz CT molecular complexity index is 381. The van der Waals surface area contributed by atoms with E-state index < -0.39 is 0 Å². The lowest BCUT2D eigenvalue weighted by atomic mass is 9.78. The number of thiazole rings is 1. The van der Waals surface area contributed by atoms with E-state index in [1.165, 1.54) is 22.0 Å². The second-order valence-electron chi connectivity index (χ2n) is 4.89. The molecule has 0 atom stereocenters. The number of rotatable bonds is 1. The maximum Gasteiger partial charge on any atom is 0.113 e. The summed E-state index contributed by atoms with van der Waals surface area (Å²) in [5.74, 6) is 0. The van der Waals surface area contributed by atoms with Crippen molar-refractivity contribution in [2.24, 2.45) is 5.73 Å². The van der Waals surface area contributed by atoms with Gasteiger partial charge in [0, 0.05) is 24.4 Å². The predicted octanol–water partition coefficient (Wildman–Crippen LogP) is 1.47. The molecular formula is C11H17N3S. The third-order valence-electron chi connectivity index (χ3n) is 3.59. The molecule has 82 valence electrons. The molecule has 1 aromatic heterocycles. The van der Waals surface area contributed by atoms with Crippen LogP contribution in [0.2, 0.25) is 0 Å². The lowest BCUT2D eigenvalue weighted by molar-refractivity contribution is 0.252. The van der Waals surface area contributed by atoms with Crippen molar-refractivity contribution in [1.82, 2.24) is 9.88 Å². The molecule has 0 unspecified atom stereocenters. The Morgan fingerprint density at radius 3 is 2.93 bits per heavy atom. The van der Waals surface area contributed by atoms with E-state index in [0.717, 1.165) is 32.4 Å². The van der Waals surface area contributed by atoms with Crippen molar-refractivity contribution < 1.29 is 0 Å². The van der Waals surface area contributed by atoms with E-state index in [0.29, 0.717) is 0 Å². The van der Waals surface area contributed by atoms with Crippen molar-refractivity contribution in [2.45, 2.75) is 37.8 Å². The first kappa shape index (κ1) is 9.75. The number of nitrogens with zero attached hydrogens (tertiary/aromatic N) is 2. The quantitative estimate of drug-likeness (QED) is 0.784. The molecule has 0 aromatic carbocycles. The molecule has 3 rings (SSSR count). The Hall–Kier alpha value is -0.450. The minimum absolute atomic E-state index is 0.0689. The zero-order valence-corrected chi connectivity index (χ0v) is 9.94. The summed E-state index contributed by atoms with van der Waals surface area (Å²) < 4.78 is 0. The Balaban J connectivity index is 1.92. The summed E-state index contributed by atoms with van der Waals surface area (Å²) in [6.07, 6.45) is 4.60. The molecule has 0 amide bonds. The number of nitrogens with two attached hydrogens (primary N) is 1. The Labute approximate surface area is 94.3 Å². The Morgan fingerprint density at radius 1 is 1.47 bits per heavy atom. The highest BCUT2D eigenvalue weighted by Gasteiger charge is 2.38. The molecule has 1 aliphatic heterocycles. The van der Waals surface area contributed by atoms with Gasteiger partial charge in [0.25, 0.3) is 0 Å². The molecule has 2 N–H and O–H groups in total. The van der Waals surface area contributed by atoms with E-state index in [1.54, 1.807) is 0 Å². The van der Waals surface area contributed by atoms with Crippen LogP contribution in [0.25, 0.3) is 0 Å². The van der Waals surface area contributed by atoms with Gasteiger partial charge in [-0.2, -0.15) is 0 Å². The van der Waals surface area contributed by atoms with Gasteiger partial charge in [-0.1, -0.05) is 0 Å². The van der Waals surface area contributed by atoms with Gasteiger partial charge in [-0.05, 0) is 26.3 Å². The highest BCUT2D eigenvalue weighted by molar-refractivity contribution is 7.11. The summed E-state index contributed by atoms with van der Waals surface area (Å²) in [6, 6.07) is 0. The third kappa shape index (κ3) is 1.51. The van der Waals surface area contributed by atoms with Gasteiger partial charge in [-0.3, -0.25) is 0 Å². The summed E-state index contributed by atoms with van der Waals surface area (Å²) in [5, 5.41) is 1.19. The van der Waals surface area contributed by atoms with E-state index in [4.69, 9.17) is 10.7 Å². The number of hydrogen-bond donors (Lipinski definition) is 1. The summed E-state index contributed by atoms with van der Waals surface area (Å²) in [6.45, 7) is 2.19. The summed E-state index contributed by atoms with van der Waals surface area (Å²) in [7, 11) is 2.17. The topological polar surface area (TPSA) is 42.2 Å². The monoisotopic (exact) mass is 223 g/mol. The van der Waals surface area contributed by atoms with Gasteiger partial charge in [-0.25, -0.2) is 4.98 Å². The van der Waals surface area contributed by atoms with E-state index in [-0.39, 0.29) is 5.54 Å². The fourth-order valence-corrected chi connectivity index (χ4v) is 3.65. The normalized spacial score (nSPS) is 24.7. The van der Waals surface area contributed by atoms with Crippen LogP contribution in [0.15, 0.2) is 0 Å². The number of fused-ring (bicyclic) bond motifs is 1. The molecule has 2 heterocycles. The van der Waals surface area contributed by atoms with Crippen LogP contribution in [0.4, 0.5) is 0 Å². The average Bonchev–Trinajstić information content (AvgIpc) is 2.57. The minimum Gasteiger partial charge on any atom is -0.319 e. The molecule has 15 heavy (non-hydrogen) atoms. The molecule has 0 spiro atoms. The molecule has 1 fully saturated rings. The summed E-state index contributed by atoms with van der Waals surface area (Å²) in [4.78, 5) is 8.54. The third-order valence-corrected chi connectivity index (χ3v) is 4.90. The van der Waals surface area contributed by atoms with Crippen LogP contribution in [0.5, 0.6) is 0 Å². The second-order valence-corrected chi connectivity index (χ2v) is 5.97. The number of likely N-dealkylation sites (N-methyl/N-ethyl adjacent to an activating group) is 1. The lowest BCUT2D eigenvalue weighted by Gasteiger charge is -2.35. The first-order chi connectivity index (χ1) is 7.17. The SMILES string of the molecule is CN1CCc2nc(C3(N)CCC3)sc2C1. The van der Waals surface area contributed by atoms with Crippen LogP contribution in [0, 0.1) is 0 Å². The fourth-order valence-electron chi connectivity index (χ4n) is 2.31. The van der Waals surface area contributed by atoms with Gasteiger partial charge in [0.2, 0.25) is 0 Å². The van der Waals surface area contributed by atoms with Crippen LogP contribution in [-0.2, 0) is 18.5 Å². The molecular weight excluding hydrogens is 206 g/mol. The molecule has 0 bridgehead atoms. The number of aromatic nitrogens is 1. The van der Waals surface area contributed by atoms with Crippen molar-refractivity contribution in [2.75, 3.05) is 13.6 Å². The van der Waals surface area contributed by atoms with Crippen molar-refractivity contribution in [3.8, 4) is 0 Å². The fraction of sp³-hybridized carbons (Fsp3) is 0.727. The summed E-state index contributed by atoms with van der Waals surface area (Å²) in [5.41, 5.74) is 7.55. The smallest absolute Gasteiger partial charge is 0.113 e. The standard InChI is InChI=1S/C11H17N3S/c1-14-6-3-8-9(7-14)15-10(13-8)11(12)4-2-5-11/h2-7,12H2,1H3. The first-order valence-corrected chi connectivity index (χ1v) is 6.45. The van der Waals surface area contributed by atoms with Crippen LogP contribution in [0.1, 0.15) is 34.8 Å². The van der Waals surface area contributed by atoms with E-state index in [2.05, 4.69) is 11.9 Å². The van der Waals surface area contributed by atoms with Gasteiger partial charge < -0.3 is 10.6 Å². The van der Waals surface area contributed by atoms with Gasteiger partial charge in [0.15, 0.2) is 0 Å². The molecule has 1 saturated carbocycles. The molecule has 0 radical (unpaired) electrons. The van der Waals surface area contributed by atoms with E-state index >= 15 is 0 Å². The lowest BCUT2D eigenvalue weighted by Crippen LogP contribution is -2.43. The maximum absolute atomic E-state index is 6.31. The molecule has 2 aliphatic rings. The first-order valence-electron chi connectivity index (χ1n) is 5.64. The second kappa shape index (κ2) is 3.27. The zero-order chi connectivity index (χ0) is 10.5. The highest BCUT2D eigenvalue weighted by Crippen LogP contribution is 2.41. The maximum atomic E-state index is 6.31. The molecule has 1 aliphatic carbocycles. The van der Waals surface area contributed by atoms with Crippen LogP contribution < -0.4 is 5.73 Å². The Kier molecular flexibility index (Phi) is 2.13.